The van der Waals surface area contributed by atoms with E-state index in [9.17, 15) is 15.6 Å². The highest BCUT2D eigenvalue weighted by Gasteiger charge is 2.32. The van der Waals surface area contributed by atoms with E-state index in [2.05, 4.69) is 45.3 Å². The molecule has 0 bridgehead atoms. The molecule has 2 saturated heterocycles. The quantitative estimate of drug-likeness (QED) is 0.452. The van der Waals surface area contributed by atoms with Gasteiger partial charge in [0.15, 0.2) is 0 Å². The van der Waals surface area contributed by atoms with Gasteiger partial charge < -0.3 is 29.9 Å². The van der Waals surface area contributed by atoms with Gasteiger partial charge in [-0.1, -0.05) is 24.3 Å². The van der Waals surface area contributed by atoms with Crippen LogP contribution in [0.3, 0.4) is 0 Å². The first-order chi connectivity index (χ1) is 19.6. The van der Waals surface area contributed by atoms with E-state index in [1.165, 1.54) is 0 Å². The fraction of sp³-hybridized carbons (Fsp3) is 0.452. The zero-order chi connectivity index (χ0) is 27.6. The fourth-order valence-electron chi connectivity index (χ4n) is 6.44. The molecule has 0 radical (unpaired) electrons. The molecule has 0 saturated carbocycles. The van der Waals surface area contributed by atoms with Crippen molar-refractivity contribution < 1.29 is 9.84 Å². The van der Waals surface area contributed by atoms with Gasteiger partial charge in [0.05, 0.1) is 12.5 Å². The third-order valence-electron chi connectivity index (χ3n) is 8.59. The molecule has 0 amide bonds. The molecule has 2 aromatic carbocycles. The van der Waals surface area contributed by atoms with Gasteiger partial charge in [-0.3, -0.25) is 0 Å². The Balaban J connectivity index is 0.00000337. The minimum Gasteiger partial charge on any atom is -0.508 e. The predicted octanol–water partition coefficient (Wildman–Crippen LogP) is 3.96. The second kappa shape index (κ2) is 12.4. The average Bonchev–Trinajstić information content (AvgIpc) is 3.39. The molecule has 0 spiro atoms. The number of rotatable bonds is 6. The van der Waals surface area contributed by atoms with E-state index in [1.54, 1.807) is 6.07 Å². The van der Waals surface area contributed by atoms with Crippen molar-refractivity contribution in [2.45, 2.75) is 44.3 Å². The van der Waals surface area contributed by atoms with Crippen LogP contribution < -0.4 is 19.9 Å². The number of ether oxygens (including phenoxy) is 1. The van der Waals surface area contributed by atoms with E-state index in [0.29, 0.717) is 43.6 Å². The van der Waals surface area contributed by atoms with Crippen LogP contribution in [-0.2, 0) is 13.0 Å². The number of anilines is 2. The standard InChI is InChI=1S/C31H35N7O2.ClH/c1-36-12-4-6-23(36)20-40-31-27(17-33)28-19-37(29-16-24(39)15-21-5-2-3-7-25(21)29)13-9-26(28)30(35-31)38-14-11-34-22(18-38)8-10-32;/h2-3,5,7,15-16,22-23,34,39H,4,6,8-9,11-14,18-20H2,1H3;1H. The zero-order valence-corrected chi connectivity index (χ0v) is 24.2. The summed E-state index contributed by atoms with van der Waals surface area (Å²) in [6.07, 6.45) is 3.37. The lowest BCUT2D eigenvalue weighted by Crippen LogP contribution is -2.51. The Morgan fingerprint density at radius 1 is 1.12 bits per heavy atom. The van der Waals surface area contributed by atoms with Crippen LogP contribution in [0.5, 0.6) is 11.6 Å². The molecule has 2 N–H and O–H groups in total. The number of aromatic nitrogens is 1. The van der Waals surface area contributed by atoms with Crippen LogP contribution >= 0.6 is 12.4 Å². The second-order valence-electron chi connectivity index (χ2n) is 11.1. The van der Waals surface area contributed by atoms with E-state index in [0.717, 1.165) is 78.8 Å². The number of phenolic OH excluding ortho intramolecular Hbond substituents is 1. The first-order valence-corrected chi connectivity index (χ1v) is 14.2. The number of nitriles is 2. The lowest BCUT2D eigenvalue weighted by atomic mass is 9.94. The Morgan fingerprint density at radius 2 is 1.98 bits per heavy atom. The summed E-state index contributed by atoms with van der Waals surface area (Å²) in [5.74, 6) is 1.49. The number of aromatic hydroxyl groups is 1. The van der Waals surface area contributed by atoms with Crippen molar-refractivity contribution in [2.75, 3.05) is 56.2 Å². The lowest BCUT2D eigenvalue weighted by molar-refractivity contribution is 0.192. The van der Waals surface area contributed by atoms with Crippen LogP contribution in [0.1, 0.15) is 36.0 Å². The number of likely N-dealkylation sites (tertiary alicyclic amines) is 1. The van der Waals surface area contributed by atoms with E-state index in [1.807, 2.05) is 24.3 Å². The normalized spacial score (nSPS) is 20.7. The highest BCUT2D eigenvalue weighted by atomic mass is 35.5. The Morgan fingerprint density at radius 3 is 2.76 bits per heavy atom. The number of benzene rings is 2. The molecular weight excluding hydrogens is 538 g/mol. The van der Waals surface area contributed by atoms with Crippen molar-refractivity contribution in [1.82, 2.24) is 15.2 Å². The summed E-state index contributed by atoms with van der Waals surface area (Å²) in [7, 11) is 2.12. The van der Waals surface area contributed by atoms with E-state index in [4.69, 9.17) is 9.72 Å². The molecule has 2 fully saturated rings. The van der Waals surface area contributed by atoms with Gasteiger partial charge in [0.2, 0.25) is 5.88 Å². The van der Waals surface area contributed by atoms with Gasteiger partial charge in [-0.2, -0.15) is 15.5 Å². The Hall–Kier alpha value is -3.76. The van der Waals surface area contributed by atoms with Crippen molar-refractivity contribution in [3.05, 3.63) is 53.1 Å². The first kappa shape index (κ1) is 28.8. The number of pyridine rings is 1. The van der Waals surface area contributed by atoms with Crippen LogP contribution in [0.15, 0.2) is 36.4 Å². The van der Waals surface area contributed by atoms with Crippen molar-refractivity contribution in [3.63, 3.8) is 0 Å². The summed E-state index contributed by atoms with van der Waals surface area (Å²) >= 11 is 0. The number of nitrogens with one attached hydrogen (secondary N) is 1. The van der Waals surface area contributed by atoms with E-state index >= 15 is 0 Å². The van der Waals surface area contributed by atoms with Crippen LogP contribution in [0, 0.1) is 22.7 Å². The summed E-state index contributed by atoms with van der Waals surface area (Å²) in [6, 6.07) is 16.8. The molecule has 3 aliphatic rings. The lowest BCUT2D eigenvalue weighted by Gasteiger charge is -2.38. The molecule has 9 nitrogen and oxygen atoms in total. The Kier molecular flexibility index (Phi) is 8.70. The van der Waals surface area contributed by atoms with Gasteiger partial charge in [-0.25, -0.2) is 0 Å². The molecule has 2 atom stereocenters. The third kappa shape index (κ3) is 5.71. The van der Waals surface area contributed by atoms with Crippen molar-refractivity contribution in [1.29, 1.82) is 10.5 Å². The minimum absolute atomic E-state index is 0. The fourth-order valence-corrected chi connectivity index (χ4v) is 6.44. The van der Waals surface area contributed by atoms with Gasteiger partial charge in [0.1, 0.15) is 29.8 Å². The highest BCUT2D eigenvalue weighted by Crippen LogP contribution is 2.39. The van der Waals surface area contributed by atoms with E-state index in [-0.39, 0.29) is 24.2 Å². The minimum atomic E-state index is 0. The van der Waals surface area contributed by atoms with Gasteiger partial charge in [-0.15, -0.1) is 12.4 Å². The molecule has 6 rings (SSSR count). The van der Waals surface area contributed by atoms with Gasteiger partial charge in [0.25, 0.3) is 0 Å². The Bertz CT molecular complexity index is 1500. The van der Waals surface area contributed by atoms with Crippen LogP contribution in [0.25, 0.3) is 10.8 Å². The summed E-state index contributed by atoms with van der Waals surface area (Å²) < 4.78 is 6.36. The topological polar surface area (TPSA) is 112 Å². The van der Waals surface area contributed by atoms with Gasteiger partial charge in [0, 0.05) is 73.1 Å². The molecule has 41 heavy (non-hydrogen) atoms. The predicted molar refractivity (Wildman–Crippen MR) is 162 cm³/mol. The van der Waals surface area contributed by atoms with Crippen molar-refractivity contribution in [2.24, 2.45) is 0 Å². The molecule has 0 aliphatic carbocycles. The summed E-state index contributed by atoms with van der Waals surface area (Å²) in [5.41, 5.74) is 3.48. The Labute approximate surface area is 247 Å². The van der Waals surface area contributed by atoms with Gasteiger partial charge >= 0.3 is 0 Å². The number of piperazine rings is 1. The summed E-state index contributed by atoms with van der Waals surface area (Å²) in [5, 5.41) is 35.7. The maximum Gasteiger partial charge on any atom is 0.234 e. The molecule has 4 heterocycles. The maximum atomic E-state index is 10.5. The van der Waals surface area contributed by atoms with Crippen LogP contribution in [-0.4, -0.2) is 73.5 Å². The maximum absolute atomic E-state index is 10.5. The third-order valence-corrected chi connectivity index (χ3v) is 8.59. The van der Waals surface area contributed by atoms with Gasteiger partial charge in [-0.05, 0) is 44.3 Å². The van der Waals surface area contributed by atoms with Crippen molar-refractivity contribution in [3.8, 4) is 23.8 Å². The molecular formula is C31H36ClN7O2. The van der Waals surface area contributed by atoms with Crippen LogP contribution in [0.4, 0.5) is 11.5 Å². The highest BCUT2D eigenvalue weighted by molar-refractivity contribution is 5.95. The zero-order valence-electron chi connectivity index (χ0n) is 23.3. The second-order valence-corrected chi connectivity index (χ2v) is 11.1. The number of hydrogen-bond acceptors (Lipinski definition) is 9. The smallest absolute Gasteiger partial charge is 0.234 e. The van der Waals surface area contributed by atoms with E-state index < -0.39 is 0 Å². The number of phenols is 1. The number of nitrogens with zero attached hydrogens (tertiary/aromatic N) is 6. The van der Waals surface area contributed by atoms with Crippen molar-refractivity contribution >= 4 is 34.7 Å². The molecule has 3 aromatic rings. The molecule has 3 aliphatic heterocycles. The molecule has 214 valence electrons. The summed E-state index contributed by atoms with van der Waals surface area (Å²) in [6.45, 7) is 5.04. The SMILES string of the molecule is CN1CCCC1COc1nc(N2CCNC(CC#N)C2)c2c(c1C#N)CN(c1cc(O)cc3ccccc13)CC2.Cl. The first-order valence-electron chi connectivity index (χ1n) is 14.2. The van der Waals surface area contributed by atoms with Crippen LogP contribution in [0.2, 0.25) is 0 Å². The summed E-state index contributed by atoms with van der Waals surface area (Å²) in [4.78, 5) is 11.8. The molecule has 1 aromatic heterocycles. The monoisotopic (exact) mass is 573 g/mol. The number of fused-ring (bicyclic) bond motifs is 2. The number of halogens is 1. The number of hydrogen-bond donors (Lipinski definition) is 2. The average molecular weight is 574 g/mol. The molecule has 10 heteroatoms. The number of likely N-dealkylation sites (N-methyl/N-ethyl adjacent to an activating group) is 1. The largest absolute Gasteiger partial charge is 0.508 e. The molecule has 2 unspecified atom stereocenters.